The van der Waals surface area contributed by atoms with E-state index in [-0.39, 0.29) is 0 Å². The average molecular weight is 657 g/mol. The van der Waals surface area contributed by atoms with E-state index in [0.29, 0.717) is 17.6 Å². The normalized spacial score (nSPS) is 11.6. The SMILES string of the molecule is c1ccc(-c2nc(-c3ccccc3)nc(-n3c4ccccc4c4cccc([Si](c5ccccc5)(c5ccccc5)c5ccccc5)c43)n2)cc1. The highest BCUT2D eigenvalue weighted by Crippen LogP contribution is 2.32. The van der Waals surface area contributed by atoms with Crippen LogP contribution in [0.5, 0.6) is 0 Å². The van der Waals surface area contributed by atoms with E-state index in [9.17, 15) is 0 Å². The summed E-state index contributed by atoms with van der Waals surface area (Å²) in [5, 5.41) is 7.54. The van der Waals surface area contributed by atoms with Gasteiger partial charge in [0.25, 0.3) is 0 Å². The van der Waals surface area contributed by atoms with Crippen LogP contribution >= 0.6 is 0 Å². The first-order valence-corrected chi connectivity index (χ1v) is 18.9. The predicted molar refractivity (Wildman–Crippen MR) is 209 cm³/mol. The van der Waals surface area contributed by atoms with Crippen LogP contribution in [0.4, 0.5) is 0 Å². The molecule has 4 nitrogen and oxygen atoms in total. The van der Waals surface area contributed by atoms with E-state index in [0.717, 1.165) is 27.5 Å². The number of hydrogen-bond acceptors (Lipinski definition) is 3. The van der Waals surface area contributed by atoms with Gasteiger partial charge in [0.15, 0.2) is 19.7 Å². The van der Waals surface area contributed by atoms with Crippen molar-refractivity contribution in [3.8, 4) is 28.7 Å². The van der Waals surface area contributed by atoms with Gasteiger partial charge in [0.1, 0.15) is 0 Å². The first-order chi connectivity index (χ1) is 24.8. The van der Waals surface area contributed by atoms with Crippen molar-refractivity contribution in [1.82, 2.24) is 19.5 Å². The molecule has 0 radical (unpaired) electrons. The third kappa shape index (κ3) is 4.87. The summed E-state index contributed by atoms with van der Waals surface area (Å²) in [4.78, 5) is 15.6. The van der Waals surface area contributed by atoms with Crippen LogP contribution in [0.1, 0.15) is 0 Å². The third-order valence-electron chi connectivity index (χ3n) is 9.61. The molecule has 2 aromatic heterocycles. The summed E-state index contributed by atoms with van der Waals surface area (Å²) in [6.45, 7) is 0. The van der Waals surface area contributed by atoms with Crippen molar-refractivity contribution in [1.29, 1.82) is 0 Å². The molecule has 7 aromatic carbocycles. The smallest absolute Gasteiger partial charge is 0.238 e. The van der Waals surface area contributed by atoms with Crippen LogP contribution in [-0.2, 0) is 0 Å². The highest BCUT2D eigenvalue weighted by atomic mass is 28.3. The second-order valence-electron chi connectivity index (χ2n) is 12.4. The van der Waals surface area contributed by atoms with E-state index < -0.39 is 8.07 Å². The lowest BCUT2D eigenvalue weighted by atomic mass is 10.1. The monoisotopic (exact) mass is 656 g/mol. The van der Waals surface area contributed by atoms with E-state index in [1.54, 1.807) is 0 Å². The Morgan fingerprint density at radius 1 is 0.360 bits per heavy atom. The number of benzene rings is 7. The van der Waals surface area contributed by atoms with Crippen LogP contribution < -0.4 is 20.7 Å². The van der Waals surface area contributed by atoms with Gasteiger partial charge in [-0.05, 0) is 26.8 Å². The Bertz CT molecular complexity index is 2420. The lowest BCUT2D eigenvalue weighted by Crippen LogP contribution is -2.75. The second kappa shape index (κ2) is 12.5. The van der Waals surface area contributed by atoms with Crippen LogP contribution in [-0.4, -0.2) is 27.6 Å². The lowest BCUT2D eigenvalue weighted by Gasteiger charge is -2.35. The molecule has 0 unspecified atom stereocenters. The van der Waals surface area contributed by atoms with Crippen LogP contribution in [0.3, 0.4) is 0 Å². The van der Waals surface area contributed by atoms with Crippen LogP contribution in [0.25, 0.3) is 50.5 Å². The van der Waals surface area contributed by atoms with Crippen molar-refractivity contribution in [2.24, 2.45) is 0 Å². The Hall–Kier alpha value is -6.43. The van der Waals surface area contributed by atoms with E-state index in [4.69, 9.17) is 15.0 Å². The molecule has 236 valence electrons. The molecular formula is C45H32N4Si. The van der Waals surface area contributed by atoms with Crippen molar-refractivity contribution in [2.45, 2.75) is 0 Å². The summed E-state index contributed by atoms with van der Waals surface area (Å²) in [5.41, 5.74) is 4.05. The summed E-state index contributed by atoms with van der Waals surface area (Å²) in [7, 11) is -2.94. The van der Waals surface area contributed by atoms with Crippen molar-refractivity contribution in [3.05, 3.63) is 194 Å². The fraction of sp³-hybridized carbons (Fsp3) is 0. The molecule has 0 spiro atoms. The van der Waals surface area contributed by atoms with Gasteiger partial charge in [-0.15, -0.1) is 0 Å². The minimum atomic E-state index is -2.94. The van der Waals surface area contributed by atoms with E-state index >= 15 is 0 Å². The van der Waals surface area contributed by atoms with Crippen molar-refractivity contribution in [2.75, 3.05) is 0 Å². The molecule has 0 saturated heterocycles. The van der Waals surface area contributed by atoms with Crippen molar-refractivity contribution >= 4 is 50.6 Å². The first-order valence-electron chi connectivity index (χ1n) is 16.9. The molecule has 0 aliphatic carbocycles. The van der Waals surface area contributed by atoms with Gasteiger partial charge >= 0.3 is 0 Å². The molecule has 0 aliphatic heterocycles. The molecule has 0 N–H and O–H groups in total. The van der Waals surface area contributed by atoms with Gasteiger partial charge < -0.3 is 0 Å². The summed E-state index contributed by atoms with van der Waals surface area (Å²) in [5.74, 6) is 1.86. The summed E-state index contributed by atoms with van der Waals surface area (Å²) in [6.07, 6.45) is 0. The largest absolute Gasteiger partial charge is 0.278 e. The maximum absolute atomic E-state index is 5.27. The van der Waals surface area contributed by atoms with Gasteiger partial charge in [0.05, 0.1) is 11.0 Å². The van der Waals surface area contributed by atoms with Gasteiger partial charge in [-0.25, -0.2) is 4.98 Å². The van der Waals surface area contributed by atoms with Gasteiger partial charge in [-0.2, -0.15) is 9.97 Å². The summed E-state index contributed by atoms with van der Waals surface area (Å²) in [6, 6.07) is 69.0. The minimum absolute atomic E-state index is 0.591. The predicted octanol–water partition coefficient (Wildman–Crippen LogP) is 7.68. The second-order valence-corrected chi connectivity index (χ2v) is 16.2. The molecule has 0 bridgehead atoms. The van der Waals surface area contributed by atoms with E-state index in [1.807, 2.05) is 36.4 Å². The third-order valence-corrected chi connectivity index (χ3v) is 14.4. The summed E-state index contributed by atoms with van der Waals surface area (Å²) >= 11 is 0. The first kappa shape index (κ1) is 29.7. The Morgan fingerprint density at radius 3 is 1.28 bits per heavy atom. The Kier molecular flexibility index (Phi) is 7.45. The van der Waals surface area contributed by atoms with Crippen LogP contribution in [0.15, 0.2) is 194 Å². The zero-order valence-electron chi connectivity index (χ0n) is 27.3. The zero-order valence-corrected chi connectivity index (χ0v) is 28.3. The standard InChI is InChI=1S/C45H32N4Si/c1-6-19-33(20-7-1)43-46-44(34-21-8-2-9-22-34)48-45(47-43)49-40-31-17-16-29-38(40)39-30-18-32-41(42(39)49)50(35-23-10-3-11-24-35,36-25-12-4-13-26-36)37-27-14-5-15-28-37/h1-32H. The molecule has 5 heteroatoms. The van der Waals surface area contributed by atoms with Gasteiger partial charge in [0.2, 0.25) is 5.95 Å². The fourth-order valence-corrected chi connectivity index (χ4v) is 12.4. The average Bonchev–Trinajstić information content (AvgIpc) is 3.55. The molecule has 0 aliphatic rings. The molecule has 50 heavy (non-hydrogen) atoms. The molecule has 9 rings (SSSR count). The van der Waals surface area contributed by atoms with E-state index in [2.05, 4.69) is 162 Å². The topological polar surface area (TPSA) is 43.6 Å². The molecule has 0 saturated carbocycles. The summed E-state index contributed by atoms with van der Waals surface area (Å²) < 4.78 is 2.29. The minimum Gasteiger partial charge on any atom is -0.278 e. The lowest BCUT2D eigenvalue weighted by molar-refractivity contribution is 0.954. The number of para-hydroxylation sites is 2. The Balaban J connectivity index is 1.46. The van der Waals surface area contributed by atoms with Gasteiger partial charge in [-0.3, -0.25) is 4.57 Å². The number of aromatic nitrogens is 4. The highest BCUT2D eigenvalue weighted by molar-refractivity contribution is 7.20. The molecule has 0 atom stereocenters. The number of fused-ring (bicyclic) bond motifs is 3. The molecular weight excluding hydrogens is 625 g/mol. The molecule has 2 heterocycles. The Morgan fingerprint density at radius 2 is 0.780 bits per heavy atom. The van der Waals surface area contributed by atoms with Crippen molar-refractivity contribution in [3.63, 3.8) is 0 Å². The molecule has 0 fully saturated rings. The van der Waals surface area contributed by atoms with E-state index in [1.165, 1.54) is 26.1 Å². The van der Waals surface area contributed by atoms with Gasteiger partial charge in [-0.1, -0.05) is 188 Å². The maximum Gasteiger partial charge on any atom is 0.238 e. The molecule has 0 amide bonds. The van der Waals surface area contributed by atoms with Crippen molar-refractivity contribution < 1.29 is 0 Å². The highest BCUT2D eigenvalue weighted by Gasteiger charge is 2.43. The van der Waals surface area contributed by atoms with Crippen LogP contribution in [0.2, 0.25) is 0 Å². The fourth-order valence-electron chi connectivity index (χ4n) is 7.46. The molecule has 9 aromatic rings. The van der Waals surface area contributed by atoms with Gasteiger partial charge in [0, 0.05) is 21.9 Å². The maximum atomic E-state index is 5.27. The Labute approximate surface area is 292 Å². The zero-order chi connectivity index (χ0) is 33.3. The number of hydrogen-bond donors (Lipinski definition) is 0. The number of rotatable bonds is 7. The quantitative estimate of drug-likeness (QED) is 0.131. The van der Waals surface area contributed by atoms with Crippen LogP contribution in [0, 0.1) is 0 Å². The number of nitrogens with zero attached hydrogens (tertiary/aromatic N) is 4.